The highest BCUT2D eigenvalue weighted by molar-refractivity contribution is 7.80. The minimum absolute atomic E-state index is 0.128. The Hall–Kier alpha value is -2.44. The number of anilines is 1. The summed E-state index contributed by atoms with van der Waals surface area (Å²) in [5, 5.41) is 5.88. The number of benzene rings is 1. The van der Waals surface area contributed by atoms with Gasteiger partial charge in [-0.15, -0.1) is 22.7 Å². The Morgan fingerprint density at radius 2 is 1.69 bits per heavy atom. The van der Waals surface area contributed by atoms with Gasteiger partial charge in [-0.1, -0.05) is 29.3 Å². The number of hydrogen-bond donors (Lipinski definition) is 1. The first-order valence-electron chi connectivity index (χ1n) is 12.3. The Labute approximate surface area is 250 Å². The summed E-state index contributed by atoms with van der Waals surface area (Å²) in [7, 11) is 1.31. The molecule has 2 aromatic heterocycles. The summed E-state index contributed by atoms with van der Waals surface area (Å²) in [6.07, 6.45) is 0. The first kappa shape index (κ1) is 29.5. The molecule has 0 unspecified atom stereocenters. The standard InChI is InChI=1S/C26H28Cl2N4O4S3/c1-5-30(6-2)23(33)20-14(3)18(25(35)36-4)22(39-20)29-26(37)32-11-9-31(10-12-32)24(34)21-19(28)16-8-7-15(27)13-17(16)38-21/h7-8,13H,5-6,9-12H2,1-4H3,(H,29,37). The van der Waals surface area contributed by atoms with E-state index < -0.39 is 5.97 Å². The van der Waals surface area contributed by atoms with Crippen LogP contribution in [0.25, 0.3) is 10.1 Å². The molecule has 1 aliphatic heterocycles. The maximum absolute atomic E-state index is 13.3. The highest BCUT2D eigenvalue weighted by Crippen LogP contribution is 2.38. The summed E-state index contributed by atoms with van der Waals surface area (Å²) in [4.78, 5) is 45.3. The van der Waals surface area contributed by atoms with Crippen molar-refractivity contribution in [1.29, 1.82) is 0 Å². The first-order chi connectivity index (χ1) is 18.6. The van der Waals surface area contributed by atoms with Crippen LogP contribution in [-0.2, 0) is 4.74 Å². The number of hydrogen-bond acceptors (Lipinski definition) is 7. The summed E-state index contributed by atoms with van der Waals surface area (Å²) in [5.74, 6) is -0.803. The number of methoxy groups -OCH3 is 1. The zero-order valence-electron chi connectivity index (χ0n) is 21.9. The van der Waals surface area contributed by atoms with Gasteiger partial charge in [-0.05, 0) is 50.7 Å². The molecule has 1 saturated heterocycles. The molecule has 1 N–H and O–H groups in total. The first-order valence-corrected chi connectivity index (χ1v) is 15.1. The van der Waals surface area contributed by atoms with Crippen molar-refractivity contribution >= 4 is 96.1 Å². The van der Waals surface area contributed by atoms with Crippen molar-refractivity contribution in [1.82, 2.24) is 14.7 Å². The van der Waals surface area contributed by atoms with E-state index in [1.165, 1.54) is 29.8 Å². The molecule has 1 aromatic carbocycles. The summed E-state index contributed by atoms with van der Waals surface area (Å²) >= 11 is 20.8. The molecule has 1 aliphatic rings. The maximum Gasteiger partial charge on any atom is 0.341 e. The average molecular weight is 628 g/mol. The van der Waals surface area contributed by atoms with Gasteiger partial charge in [-0.2, -0.15) is 0 Å². The van der Waals surface area contributed by atoms with E-state index in [9.17, 15) is 14.4 Å². The molecule has 0 aliphatic carbocycles. The molecule has 4 rings (SSSR count). The van der Waals surface area contributed by atoms with E-state index in [4.69, 9.17) is 40.2 Å². The quantitative estimate of drug-likeness (QED) is 0.265. The van der Waals surface area contributed by atoms with Crippen LogP contribution in [0, 0.1) is 6.92 Å². The van der Waals surface area contributed by atoms with E-state index in [1.54, 1.807) is 22.8 Å². The van der Waals surface area contributed by atoms with Crippen LogP contribution in [0.3, 0.4) is 0 Å². The van der Waals surface area contributed by atoms with E-state index >= 15 is 0 Å². The molecule has 3 aromatic rings. The van der Waals surface area contributed by atoms with Gasteiger partial charge in [-0.3, -0.25) is 9.59 Å². The number of carbonyl (C=O) groups is 3. The Kier molecular flexibility index (Phi) is 9.38. The zero-order valence-corrected chi connectivity index (χ0v) is 25.9. The SMILES string of the molecule is CCN(CC)C(=O)c1sc(NC(=S)N2CCN(C(=O)c3sc4cc(Cl)ccc4c3Cl)CC2)c(C(=O)OC)c1C. The van der Waals surface area contributed by atoms with Crippen molar-refractivity contribution in [2.45, 2.75) is 20.8 Å². The van der Waals surface area contributed by atoms with E-state index in [2.05, 4.69) is 5.32 Å². The summed E-state index contributed by atoms with van der Waals surface area (Å²) < 4.78 is 5.86. The second-order valence-corrected chi connectivity index (χ2v) is 12.1. The highest BCUT2D eigenvalue weighted by atomic mass is 35.5. The van der Waals surface area contributed by atoms with Crippen molar-refractivity contribution in [3.05, 3.63) is 49.1 Å². The van der Waals surface area contributed by atoms with Crippen LogP contribution in [0.4, 0.5) is 5.00 Å². The van der Waals surface area contributed by atoms with E-state index in [0.717, 1.165) is 10.1 Å². The molecule has 0 spiro atoms. The van der Waals surface area contributed by atoms with Gasteiger partial charge in [0.1, 0.15) is 9.88 Å². The summed E-state index contributed by atoms with van der Waals surface area (Å²) in [6, 6.07) is 5.39. The highest BCUT2D eigenvalue weighted by Gasteiger charge is 2.30. The van der Waals surface area contributed by atoms with Gasteiger partial charge >= 0.3 is 5.97 Å². The van der Waals surface area contributed by atoms with Crippen molar-refractivity contribution in [3.8, 4) is 0 Å². The number of rotatable bonds is 6. The molecular formula is C26H28Cl2N4O4S3. The van der Waals surface area contributed by atoms with Crippen molar-refractivity contribution < 1.29 is 19.1 Å². The molecule has 1 fully saturated rings. The van der Waals surface area contributed by atoms with Crippen LogP contribution in [0.2, 0.25) is 10.0 Å². The number of thiophene rings is 2. The molecule has 2 amide bonds. The van der Waals surface area contributed by atoms with Crippen molar-refractivity contribution in [3.63, 3.8) is 0 Å². The number of thiocarbonyl (C=S) groups is 1. The van der Waals surface area contributed by atoms with Gasteiger partial charge in [-0.25, -0.2) is 4.79 Å². The molecular weight excluding hydrogens is 599 g/mol. The number of halogens is 2. The lowest BCUT2D eigenvalue weighted by Crippen LogP contribution is -2.51. The van der Waals surface area contributed by atoms with Crippen LogP contribution in [0.1, 0.15) is 49.1 Å². The monoisotopic (exact) mass is 626 g/mol. The lowest BCUT2D eigenvalue weighted by Gasteiger charge is -2.36. The number of nitrogens with zero attached hydrogens (tertiary/aromatic N) is 3. The van der Waals surface area contributed by atoms with Gasteiger partial charge in [0.25, 0.3) is 11.8 Å². The van der Waals surface area contributed by atoms with Crippen LogP contribution >= 0.6 is 58.1 Å². The molecule has 13 heteroatoms. The molecule has 39 heavy (non-hydrogen) atoms. The molecule has 3 heterocycles. The fourth-order valence-corrected chi connectivity index (χ4v) is 7.68. The predicted octanol–water partition coefficient (Wildman–Crippen LogP) is 6.00. The van der Waals surface area contributed by atoms with Gasteiger partial charge < -0.3 is 24.8 Å². The van der Waals surface area contributed by atoms with Crippen LogP contribution < -0.4 is 5.32 Å². The topological polar surface area (TPSA) is 82.2 Å². The number of nitrogens with one attached hydrogen (secondary N) is 1. The third kappa shape index (κ3) is 5.88. The molecule has 0 atom stereocenters. The Morgan fingerprint density at radius 3 is 2.31 bits per heavy atom. The predicted molar refractivity (Wildman–Crippen MR) is 163 cm³/mol. The van der Waals surface area contributed by atoms with E-state index in [0.29, 0.717) is 80.3 Å². The van der Waals surface area contributed by atoms with Crippen LogP contribution in [0.5, 0.6) is 0 Å². The average Bonchev–Trinajstić information content (AvgIpc) is 3.43. The lowest BCUT2D eigenvalue weighted by molar-refractivity contribution is 0.0600. The Balaban J connectivity index is 1.47. The molecule has 208 valence electrons. The normalized spacial score (nSPS) is 13.5. The van der Waals surface area contributed by atoms with E-state index in [1.807, 2.05) is 30.9 Å². The summed E-state index contributed by atoms with van der Waals surface area (Å²) in [6.45, 7) is 8.57. The number of piperazine rings is 1. The lowest BCUT2D eigenvalue weighted by atomic mass is 10.1. The molecule has 8 nitrogen and oxygen atoms in total. The zero-order chi connectivity index (χ0) is 28.4. The van der Waals surface area contributed by atoms with Crippen molar-refractivity contribution in [2.24, 2.45) is 0 Å². The largest absolute Gasteiger partial charge is 0.465 e. The molecule has 0 bridgehead atoms. The second-order valence-electron chi connectivity index (χ2n) is 8.82. The number of esters is 1. The van der Waals surface area contributed by atoms with Crippen molar-refractivity contribution in [2.75, 3.05) is 51.7 Å². The third-order valence-corrected chi connectivity index (χ3v) is 10.1. The number of carbonyl (C=O) groups excluding carboxylic acids is 3. The molecule has 0 radical (unpaired) electrons. The van der Waals surface area contributed by atoms with Crippen LogP contribution in [0.15, 0.2) is 18.2 Å². The minimum atomic E-state index is -0.537. The second kappa shape index (κ2) is 12.4. The van der Waals surface area contributed by atoms with Gasteiger partial charge in [0.15, 0.2) is 5.11 Å². The fraction of sp³-hybridized carbons (Fsp3) is 0.385. The van der Waals surface area contributed by atoms with E-state index in [-0.39, 0.29) is 11.8 Å². The van der Waals surface area contributed by atoms with Gasteiger partial charge in [0.05, 0.1) is 22.6 Å². The fourth-order valence-electron chi connectivity index (χ4n) is 4.42. The maximum atomic E-state index is 13.3. The Bertz CT molecular complexity index is 1440. The minimum Gasteiger partial charge on any atom is -0.465 e. The smallest absolute Gasteiger partial charge is 0.341 e. The number of ether oxygens (including phenoxy) is 1. The number of amides is 2. The van der Waals surface area contributed by atoms with Gasteiger partial charge in [0.2, 0.25) is 0 Å². The van der Waals surface area contributed by atoms with Crippen LogP contribution in [-0.4, -0.2) is 84.0 Å². The molecule has 0 saturated carbocycles. The number of fused-ring (bicyclic) bond motifs is 1. The third-order valence-electron chi connectivity index (χ3n) is 6.64. The van der Waals surface area contributed by atoms with Gasteiger partial charge in [0, 0.05) is 54.4 Å². The Morgan fingerprint density at radius 1 is 1.05 bits per heavy atom. The summed E-state index contributed by atoms with van der Waals surface area (Å²) in [5.41, 5.74) is 0.861.